The number of rotatable bonds is 6. The number of halogens is 1. The molecule has 17 heavy (non-hydrogen) atoms. The van der Waals surface area contributed by atoms with Gasteiger partial charge in [-0.3, -0.25) is 0 Å². The number of hydrogen-bond acceptors (Lipinski definition) is 4. The lowest BCUT2D eigenvalue weighted by Gasteiger charge is -2.26. The maximum atomic E-state index is 5.78. The Kier molecular flexibility index (Phi) is 5.58. The third-order valence-corrected chi connectivity index (χ3v) is 3.49. The van der Waals surface area contributed by atoms with Crippen molar-refractivity contribution in [1.82, 2.24) is 9.97 Å². The van der Waals surface area contributed by atoms with Gasteiger partial charge in [-0.05, 0) is 49.8 Å². The van der Waals surface area contributed by atoms with Gasteiger partial charge in [-0.25, -0.2) is 9.97 Å². The SMILES string of the molecule is CCNc1nc(C(C)(CC)OCC)ncc1I. The summed E-state index contributed by atoms with van der Waals surface area (Å²) < 4.78 is 6.81. The molecule has 0 amide bonds. The molecule has 0 bridgehead atoms. The van der Waals surface area contributed by atoms with Gasteiger partial charge in [0.2, 0.25) is 0 Å². The van der Waals surface area contributed by atoms with Gasteiger partial charge in [-0.2, -0.15) is 0 Å². The zero-order chi connectivity index (χ0) is 12.9. The molecule has 0 radical (unpaired) electrons. The highest BCUT2D eigenvalue weighted by atomic mass is 127. The Labute approximate surface area is 117 Å². The highest BCUT2D eigenvalue weighted by Crippen LogP contribution is 2.27. The molecular formula is C12H20IN3O. The number of anilines is 1. The fourth-order valence-electron chi connectivity index (χ4n) is 1.56. The number of nitrogens with one attached hydrogen (secondary N) is 1. The Morgan fingerprint density at radius 1 is 1.41 bits per heavy atom. The van der Waals surface area contributed by atoms with Crippen LogP contribution >= 0.6 is 22.6 Å². The second kappa shape index (κ2) is 6.49. The summed E-state index contributed by atoms with van der Waals surface area (Å²) in [5, 5.41) is 3.24. The monoisotopic (exact) mass is 349 g/mol. The maximum absolute atomic E-state index is 5.78. The molecule has 1 aromatic heterocycles. The zero-order valence-electron chi connectivity index (χ0n) is 10.9. The molecule has 0 spiro atoms. The molecule has 5 heteroatoms. The van der Waals surface area contributed by atoms with Gasteiger partial charge in [0.25, 0.3) is 0 Å². The summed E-state index contributed by atoms with van der Waals surface area (Å²) >= 11 is 2.23. The average molecular weight is 349 g/mol. The first kappa shape index (κ1) is 14.6. The van der Waals surface area contributed by atoms with Crippen LogP contribution in [-0.4, -0.2) is 23.1 Å². The van der Waals surface area contributed by atoms with E-state index in [0.29, 0.717) is 6.61 Å². The van der Waals surface area contributed by atoms with E-state index in [1.165, 1.54) is 0 Å². The highest BCUT2D eigenvalue weighted by molar-refractivity contribution is 14.1. The summed E-state index contributed by atoms with van der Waals surface area (Å²) in [5.41, 5.74) is -0.400. The lowest BCUT2D eigenvalue weighted by molar-refractivity contribution is -0.0389. The lowest BCUT2D eigenvalue weighted by Crippen LogP contribution is -2.28. The maximum Gasteiger partial charge on any atom is 0.162 e. The van der Waals surface area contributed by atoms with Crippen molar-refractivity contribution in [2.24, 2.45) is 0 Å². The zero-order valence-corrected chi connectivity index (χ0v) is 13.0. The number of aromatic nitrogens is 2. The molecule has 0 aliphatic rings. The van der Waals surface area contributed by atoms with E-state index in [0.717, 1.165) is 28.2 Å². The predicted octanol–water partition coefficient (Wildman–Crippen LogP) is 3.17. The van der Waals surface area contributed by atoms with E-state index in [1.54, 1.807) is 0 Å². The van der Waals surface area contributed by atoms with Gasteiger partial charge in [0.05, 0.1) is 3.57 Å². The van der Waals surface area contributed by atoms with Crippen LogP contribution in [0, 0.1) is 3.57 Å². The van der Waals surface area contributed by atoms with Gasteiger partial charge in [0.15, 0.2) is 5.82 Å². The van der Waals surface area contributed by atoms with Crippen LogP contribution in [0.3, 0.4) is 0 Å². The quantitative estimate of drug-likeness (QED) is 0.802. The minimum Gasteiger partial charge on any atom is -0.369 e. The molecule has 1 rings (SSSR count). The first-order valence-corrected chi connectivity index (χ1v) is 7.06. The van der Waals surface area contributed by atoms with Crippen molar-refractivity contribution < 1.29 is 4.74 Å². The smallest absolute Gasteiger partial charge is 0.162 e. The van der Waals surface area contributed by atoms with Crippen LogP contribution in [0.25, 0.3) is 0 Å². The van der Waals surface area contributed by atoms with Gasteiger partial charge in [0, 0.05) is 19.3 Å². The van der Waals surface area contributed by atoms with E-state index >= 15 is 0 Å². The third kappa shape index (κ3) is 3.51. The van der Waals surface area contributed by atoms with Gasteiger partial charge in [-0.1, -0.05) is 6.92 Å². The van der Waals surface area contributed by atoms with E-state index in [-0.39, 0.29) is 0 Å². The largest absolute Gasteiger partial charge is 0.369 e. The summed E-state index contributed by atoms with van der Waals surface area (Å²) in [6.07, 6.45) is 2.70. The van der Waals surface area contributed by atoms with Crippen molar-refractivity contribution in [3.63, 3.8) is 0 Å². The molecule has 0 fully saturated rings. The van der Waals surface area contributed by atoms with Gasteiger partial charge in [0.1, 0.15) is 11.4 Å². The summed E-state index contributed by atoms with van der Waals surface area (Å²) in [5.74, 6) is 1.63. The second-order valence-electron chi connectivity index (χ2n) is 3.94. The van der Waals surface area contributed by atoms with Crippen LogP contribution in [0.4, 0.5) is 5.82 Å². The van der Waals surface area contributed by atoms with E-state index < -0.39 is 5.60 Å². The van der Waals surface area contributed by atoms with E-state index in [2.05, 4.69) is 51.7 Å². The summed E-state index contributed by atoms with van der Waals surface area (Å²) in [4.78, 5) is 8.97. The average Bonchev–Trinajstić information content (AvgIpc) is 2.32. The molecular weight excluding hydrogens is 329 g/mol. The summed E-state index contributed by atoms with van der Waals surface area (Å²) in [6, 6.07) is 0. The van der Waals surface area contributed by atoms with Crippen molar-refractivity contribution in [3.8, 4) is 0 Å². The molecule has 1 N–H and O–H groups in total. The van der Waals surface area contributed by atoms with E-state index in [1.807, 2.05) is 20.0 Å². The first-order chi connectivity index (χ1) is 8.07. The Hall–Kier alpha value is -0.430. The van der Waals surface area contributed by atoms with Crippen molar-refractivity contribution in [2.45, 2.75) is 39.7 Å². The van der Waals surface area contributed by atoms with Crippen molar-refractivity contribution in [2.75, 3.05) is 18.5 Å². The Morgan fingerprint density at radius 2 is 2.12 bits per heavy atom. The van der Waals surface area contributed by atoms with Crippen molar-refractivity contribution >= 4 is 28.4 Å². The number of ether oxygens (including phenoxy) is 1. The first-order valence-electron chi connectivity index (χ1n) is 5.98. The minimum atomic E-state index is -0.400. The topological polar surface area (TPSA) is 47.0 Å². The molecule has 4 nitrogen and oxygen atoms in total. The van der Waals surface area contributed by atoms with Gasteiger partial charge in [-0.15, -0.1) is 0 Å². The summed E-state index contributed by atoms with van der Waals surface area (Å²) in [7, 11) is 0. The number of hydrogen-bond donors (Lipinski definition) is 1. The minimum absolute atomic E-state index is 0.400. The third-order valence-electron chi connectivity index (χ3n) is 2.70. The second-order valence-corrected chi connectivity index (χ2v) is 5.10. The Bertz CT molecular complexity index is 373. The molecule has 96 valence electrons. The van der Waals surface area contributed by atoms with Crippen LogP contribution in [0.1, 0.15) is 39.9 Å². The highest BCUT2D eigenvalue weighted by Gasteiger charge is 2.28. The van der Waals surface area contributed by atoms with Crippen LogP contribution in [0.15, 0.2) is 6.20 Å². The van der Waals surface area contributed by atoms with Gasteiger partial charge >= 0.3 is 0 Å². The van der Waals surface area contributed by atoms with Crippen molar-refractivity contribution in [1.29, 1.82) is 0 Å². The number of nitrogens with zero attached hydrogens (tertiary/aromatic N) is 2. The fourth-order valence-corrected chi connectivity index (χ4v) is 2.01. The van der Waals surface area contributed by atoms with Gasteiger partial charge < -0.3 is 10.1 Å². The molecule has 0 aromatic carbocycles. The molecule has 1 unspecified atom stereocenters. The standard InChI is InChI=1S/C12H20IN3O/c1-5-12(4,17-7-3)11-15-8-9(13)10(16-11)14-6-2/h8H,5-7H2,1-4H3,(H,14,15,16). The summed E-state index contributed by atoms with van der Waals surface area (Å²) in [6.45, 7) is 9.68. The predicted molar refractivity (Wildman–Crippen MR) is 78.2 cm³/mol. The Morgan fingerprint density at radius 3 is 2.65 bits per heavy atom. The van der Waals surface area contributed by atoms with E-state index in [4.69, 9.17) is 4.74 Å². The molecule has 0 aliphatic heterocycles. The lowest BCUT2D eigenvalue weighted by atomic mass is 10.0. The van der Waals surface area contributed by atoms with Crippen LogP contribution in [0.2, 0.25) is 0 Å². The van der Waals surface area contributed by atoms with Crippen molar-refractivity contribution in [3.05, 3.63) is 15.6 Å². The van der Waals surface area contributed by atoms with Crippen LogP contribution in [0.5, 0.6) is 0 Å². The Balaban J connectivity index is 3.08. The van der Waals surface area contributed by atoms with E-state index in [9.17, 15) is 0 Å². The molecule has 0 aliphatic carbocycles. The molecule has 1 aromatic rings. The molecule has 1 atom stereocenters. The van der Waals surface area contributed by atoms with Crippen LogP contribution < -0.4 is 5.32 Å². The molecule has 0 saturated carbocycles. The fraction of sp³-hybridized carbons (Fsp3) is 0.667. The normalized spacial score (nSPS) is 14.4. The molecule has 0 saturated heterocycles. The van der Waals surface area contributed by atoms with Crippen LogP contribution in [-0.2, 0) is 10.3 Å². The molecule has 1 heterocycles.